The first-order chi connectivity index (χ1) is 8.08. The van der Waals surface area contributed by atoms with Gasteiger partial charge in [0.05, 0.1) is 0 Å². The Labute approximate surface area is 120 Å². The number of carbonyl (C=O) groups excluding carboxylic acids is 1. The first-order valence-electron chi connectivity index (χ1n) is 6.97. The van der Waals surface area contributed by atoms with Crippen molar-refractivity contribution in [3.8, 4) is 0 Å². The van der Waals surface area contributed by atoms with Crippen molar-refractivity contribution in [2.75, 3.05) is 0 Å². The van der Waals surface area contributed by atoms with Gasteiger partial charge in [-0.05, 0) is 22.0 Å². The predicted molar refractivity (Wildman–Crippen MR) is 85.8 cm³/mol. The summed E-state index contributed by atoms with van der Waals surface area (Å²) in [4.78, 5) is 12.2. The third-order valence-electron chi connectivity index (χ3n) is 3.76. The molecule has 0 aliphatic heterocycles. The molecule has 0 heterocycles. The van der Waals surface area contributed by atoms with Crippen molar-refractivity contribution >= 4 is 14.3 Å². The van der Waals surface area contributed by atoms with Crippen molar-refractivity contribution in [2.24, 2.45) is 0 Å². The second-order valence-corrected chi connectivity index (χ2v) is 14.7. The Kier molecular flexibility index (Phi) is 4.93. The molecule has 0 saturated carbocycles. The average Bonchev–Trinajstić information content (AvgIpc) is 2.06. The highest BCUT2D eigenvalue weighted by molar-refractivity contribution is 6.83. The molecule has 0 aromatic carbocycles. The molecule has 0 aromatic rings. The summed E-state index contributed by atoms with van der Waals surface area (Å²) < 4.78 is 6.19. The highest BCUT2D eigenvalue weighted by atomic mass is 28.4. The van der Waals surface area contributed by atoms with Crippen LogP contribution in [0.5, 0.6) is 0 Å². The zero-order valence-electron chi connectivity index (χ0n) is 14.5. The molecule has 0 unspecified atom stereocenters. The normalized spacial score (nSPS) is 14.2. The number of carbonyl (C=O) groups is 1. The quantitative estimate of drug-likeness (QED) is 0.498. The zero-order chi connectivity index (χ0) is 15.9. The highest BCUT2D eigenvalue weighted by Gasteiger charge is 2.64. The summed E-state index contributed by atoms with van der Waals surface area (Å²) in [6.07, 6.45) is 0. The van der Waals surface area contributed by atoms with Crippen molar-refractivity contribution < 1.29 is 9.22 Å². The second kappa shape index (κ2) is 5.08. The van der Waals surface area contributed by atoms with Gasteiger partial charge in [0.25, 0.3) is 8.32 Å². The second-order valence-electron chi connectivity index (χ2n) is 8.60. The van der Waals surface area contributed by atoms with E-state index in [4.69, 9.17) is 4.43 Å². The van der Waals surface area contributed by atoms with Gasteiger partial charge in [-0.25, -0.2) is 4.79 Å². The van der Waals surface area contributed by atoms with Crippen LogP contribution in [0, 0.1) is 0 Å². The van der Waals surface area contributed by atoms with Crippen LogP contribution in [0.15, 0.2) is 12.2 Å². The van der Waals surface area contributed by atoms with Gasteiger partial charge in [0.1, 0.15) is 0 Å². The van der Waals surface area contributed by atoms with Crippen LogP contribution in [-0.2, 0) is 9.22 Å². The third kappa shape index (κ3) is 3.30. The maximum absolute atomic E-state index is 12.2. The Morgan fingerprint density at radius 3 is 1.26 bits per heavy atom. The first kappa shape index (κ1) is 18.4. The molecule has 2 nitrogen and oxygen atoms in total. The van der Waals surface area contributed by atoms with Crippen LogP contribution in [0.1, 0.15) is 69.2 Å². The summed E-state index contributed by atoms with van der Waals surface area (Å²) in [7, 11) is -2.44. The average molecular weight is 285 g/mol. The Hall–Kier alpha value is -0.573. The third-order valence-corrected chi connectivity index (χ3v) is 10.6. The molecule has 0 spiro atoms. The molecular weight excluding hydrogens is 252 g/mol. The van der Waals surface area contributed by atoms with Crippen LogP contribution in [-0.4, -0.2) is 14.3 Å². The molecule has 0 bridgehead atoms. The molecule has 0 aliphatic carbocycles. The van der Waals surface area contributed by atoms with E-state index in [1.807, 2.05) is 0 Å². The smallest absolute Gasteiger partial charge is 0.319 e. The maximum atomic E-state index is 12.2. The van der Waals surface area contributed by atoms with Crippen LogP contribution >= 0.6 is 0 Å². The van der Waals surface area contributed by atoms with Gasteiger partial charge in [0.15, 0.2) is 0 Å². The van der Waals surface area contributed by atoms with E-state index in [2.05, 4.69) is 68.9 Å². The fraction of sp³-hybridized carbons (Fsp3) is 0.812. The highest BCUT2D eigenvalue weighted by Crippen LogP contribution is 2.62. The lowest BCUT2D eigenvalue weighted by Crippen LogP contribution is -2.61. The first-order valence-corrected chi connectivity index (χ1v) is 8.87. The standard InChI is InChI=1S/C16H32O2Si/c1-12(2)13(17)18-19(14(3,4)5,15(6,7)8)16(9,10)11/h1H2,2-11H3. The molecule has 3 heteroatoms. The molecule has 0 aromatic heterocycles. The molecule has 19 heavy (non-hydrogen) atoms. The topological polar surface area (TPSA) is 26.3 Å². The molecule has 0 N–H and O–H groups in total. The van der Waals surface area contributed by atoms with Gasteiger partial charge in [-0.3, -0.25) is 0 Å². The fourth-order valence-electron chi connectivity index (χ4n) is 4.06. The number of hydrogen-bond donors (Lipinski definition) is 0. The Bertz CT molecular complexity index is 326. The van der Waals surface area contributed by atoms with Crippen molar-refractivity contribution in [3.63, 3.8) is 0 Å². The monoisotopic (exact) mass is 284 g/mol. The van der Waals surface area contributed by atoms with Gasteiger partial charge < -0.3 is 4.43 Å². The summed E-state index contributed by atoms with van der Waals surface area (Å²) in [6.45, 7) is 25.2. The van der Waals surface area contributed by atoms with E-state index in [1.165, 1.54) is 0 Å². The minimum absolute atomic E-state index is 0.0470. The van der Waals surface area contributed by atoms with E-state index in [0.717, 1.165) is 0 Å². The minimum atomic E-state index is -2.44. The molecule has 0 aliphatic rings. The fourth-order valence-corrected chi connectivity index (χ4v) is 12.2. The lowest BCUT2D eigenvalue weighted by molar-refractivity contribution is -0.132. The number of hydrogen-bond acceptors (Lipinski definition) is 2. The van der Waals surface area contributed by atoms with Gasteiger partial charge in [-0.15, -0.1) is 0 Å². The van der Waals surface area contributed by atoms with Crippen LogP contribution < -0.4 is 0 Å². The zero-order valence-corrected chi connectivity index (χ0v) is 15.5. The van der Waals surface area contributed by atoms with Crippen molar-refractivity contribution in [2.45, 2.75) is 84.4 Å². The lowest BCUT2D eigenvalue weighted by Gasteiger charge is -2.56. The van der Waals surface area contributed by atoms with E-state index < -0.39 is 8.32 Å². The lowest BCUT2D eigenvalue weighted by atomic mass is 10.2. The van der Waals surface area contributed by atoms with Crippen molar-refractivity contribution in [1.82, 2.24) is 0 Å². The molecule has 0 rings (SSSR count). The Morgan fingerprint density at radius 1 is 0.842 bits per heavy atom. The number of rotatable bonds is 2. The van der Waals surface area contributed by atoms with Crippen LogP contribution in [0.4, 0.5) is 0 Å². The molecule has 0 atom stereocenters. The predicted octanol–water partition coefficient (Wildman–Crippen LogP) is 5.45. The SMILES string of the molecule is C=C(C)C(=O)O[Si](C(C)(C)C)(C(C)(C)C)C(C)(C)C. The molecular formula is C16H32O2Si. The van der Waals surface area contributed by atoms with E-state index in [0.29, 0.717) is 5.57 Å². The Balaban J connectivity index is 6.12. The maximum Gasteiger partial charge on any atom is 0.319 e. The Morgan fingerprint density at radius 2 is 1.11 bits per heavy atom. The largest absolute Gasteiger partial charge is 0.514 e. The van der Waals surface area contributed by atoms with Gasteiger partial charge in [-0.1, -0.05) is 68.9 Å². The van der Waals surface area contributed by atoms with Crippen molar-refractivity contribution in [3.05, 3.63) is 12.2 Å². The molecule has 112 valence electrons. The van der Waals surface area contributed by atoms with Gasteiger partial charge in [0, 0.05) is 5.57 Å². The van der Waals surface area contributed by atoms with Crippen LogP contribution in [0.2, 0.25) is 15.1 Å². The van der Waals surface area contributed by atoms with Crippen LogP contribution in [0.3, 0.4) is 0 Å². The van der Waals surface area contributed by atoms with Crippen LogP contribution in [0.25, 0.3) is 0 Å². The van der Waals surface area contributed by atoms with E-state index >= 15 is 0 Å². The van der Waals surface area contributed by atoms with Gasteiger partial charge >= 0.3 is 5.97 Å². The molecule has 0 amide bonds. The summed E-state index contributed by atoms with van der Waals surface area (Å²) in [5, 5.41) is -0.141. The molecule has 0 radical (unpaired) electrons. The molecule has 0 fully saturated rings. The summed E-state index contributed by atoms with van der Waals surface area (Å²) in [5.41, 5.74) is 0.481. The van der Waals surface area contributed by atoms with E-state index in [1.54, 1.807) is 6.92 Å². The summed E-state index contributed by atoms with van der Waals surface area (Å²) >= 11 is 0. The van der Waals surface area contributed by atoms with Gasteiger partial charge in [-0.2, -0.15) is 0 Å². The van der Waals surface area contributed by atoms with Gasteiger partial charge in [0.2, 0.25) is 0 Å². The summed E-state index contributed by atoms with van der Waals surface area (Å²) in [6, 6.07) is 0. The molecule has 0 saturated heterocycles. The van der Waals surface area contributed by atoms with E-state index in [-0.39, 0.29) is 21.1 Å². The van der Waals surface area contributed by atoms with E-state index in [9.17, 15) is 4.79 Å². The summed E-state index contributed by atoms with van der Waals surface area (Å²) in [5.74, 6) is -0.244. The van der Waals surface area contributed by atoms with Crippen molar-refractivity contribution in [1.29, 1.82) is 0 Å². The minimum Gasteiger partial charge on any atom is -0.514 e.